The van der Waals surface area contributed by atoms with Crippen LogP contribution in [0.3, 0.4) is 0 Å². The summed E-state index contributed by atoms with van der Waals surface area (Å²) in [6, 6.07) is 0.514. The van der Waals surface area contributed by atoms with E-state index in [9.17, 15) is 18.4 Å². The molecule has 5 N–H and O–H groups in total. The molecule has 0 aliphatic rings. The Hall–Kier alpha value is -2.02. The van der Waals surface area contributed by atoms with Gasteiger partial charge in [0.2, 0.25) is 5.91 Å². The van der Waals surface area contributed by atoms with Gasteiger partial charge in [-0.3, -0.25) is 9.59 Å². The van der Waals surface area contributed by atoms with Crippen LogP contribution >= 0.6 is 0 Å². The highest BCUT2D eigenvalue weighted by molar-refractivity contribution is 5.98. The molecule has 1 aromatic rings. The minimum absolute atomic E-state index is 0.103. The maximum atomic E-state index is 13.6. The van der Waals surface area contributed by atoms with Crippen LogP contribution in [0, 0.1) is 17.6 Å². The predicted octanol–water partition coefficient (Wildman–Crippen LogP) is 1.38. The van der Waals surface area contributed by atoms with Crippen LogP contribution in [0.2, 0.25) is 0 Å². The Morgan fingerprint density at radius 3 is 2.40 bits per heavy atom. The monoisotopic (exact) mass is 285 g/mol. The second-order valence-electron chi connectivity index (χ2n) is 4.58. The highest BCUT2D eigenvalue weighted by Crippen LogP contribution is 2.20. The summed E-state index contributed by atoms with van der Waals surface area (Å²) in [7, 11) is 0. The third-order valence-electron chi connectivity index (χ3n) is 3.14. The Labute approximate surface area is 115 Å². The molecular formula is C13H17F2N3O2. The molecule has 20 heavy (non-hydrogen) atoms. The fourth-order valence-corrected chi connectivity index (χ4v) is 1.56. The summed E-state index contributed by atoms with van der Waals surface area (Å²) < 4.78 is 26.8. The molecule has 0 aliphatic carbocycles. The summed E-state index contributed by atoms with van der Waals surface area (Å²) >= 11 is 0. The fourth-order valence-electron chi connectivity index (χ4n) is 1.56. The molecule has 0 radical (unpaired) electrons. The summed E-state index contributed by atoms with van der Waals surface area (Å²) in [6.07, 6.45) is 0.674. The van der Waals surface area contributed by atoms with Crippen LogP contribution in [0.5, 0.6) is 0 Å². The number of rotatable bonds is 5. The molecule has 7 heteroatoms. The van der Waals surface area contributed by atoms with Gasteiger partial charge in [0.25, 0.3) is 5.91 Å². The maximum Gasteiger partial charge on any atom is 0.251 e. The van der Waals surface area contributed by atoms with Crippen LogP contribution in [0.1, 0.15) is 30.6 Å². The van der Waals surface area contributed by atoms with Crippen LogP contribution in [0.25, 0.3) is 0 Å². The van der Waals surface area contributed by atoms with E-state index in [1.54, 1.807) is 6.92 Å². The molecule has 0 unspecified atom stereocenters. The lowest BCUT2D eigenvalue weighted by molar-refractivity contribution is -0.118. The maximum absolute atomic E-state index is 13.6. The van der Waals surface area contributed by atoms with Gasteiger partial charge in [-0.1, -0.05) is 20.3 Å². The van der Waals surface area contributed by atoms with E-state index >= 15 is 0 Å². The van der Waals surface area contributed by atoms with E-state index in [0.717, 1.165) is 6.07 Å². The van der Waals surface area contributed by atoms with Gasteiger partial charge >= 0.3 is 0 Å². The minimum atomic E-state index is -1.08. The van der Waals surface area contributed by atoms with E-state index in [2.05, 4.69) is 5.32 Å². The summed E-state index contributed by atoms with van der Waals surface area (Å²) in [6.45, 7) is 3.64. The van der Waals surface area contributed by atoms with Crippen molar-refractivity contribution in [2.24, 2.45) is 17.4 Å². The van der Waals surface area contributed by atoms with Gasteiger partial charge < -0.3 is 16.8 Å². The number of nitrogens with one attached hydrogen (secondary N) is 1. The standard InChI is InChI=1S/C13H17F2N3O2/c1-3-6(2)11(16)13(20)18-10-4-7(12(17)19)8(14)5-9(10)15/h4-6,11H,3,16H2,1-2H3,(H2,17,19)(H,18,20)/t6-,11-/m0/s1. The number of primary amides is 1. The normalized spacial score (nSPS) is 13.7. The SMILES string of the molecule is CC[C@H](C)[C@H](N)C(=O)Nc1cc(C(N)=O)c(F)cc1F. The van der Waals surface area contributed by atoms with Crippen LogP contribution in [-0.2, 0) is 4.79 Å². The number of halogens is 2. The number of hydrogen-bond donors (Lipinski definition) is 3. The number of carbonyl (C=O) groups excluding carboxylic acids is 2. The van der Waals surface area contributed by atoms with E-state index < -0.39 is 35.1 Å². The van der Waals surface area contributed by atoms with E-state index in [0.29, 0.717) is 12.5 Å². The molecule has 0 fully saturated rings. The van der Waals surface area contributed by atoms with Crippen molar-refractivity contribution >= 4 is 17.5 Å². The number of nitrogens with two attached hydrogens (primary N) is 2. The predicted molar refractivity (Wildman–Crippen MR) is 70.9 cm³/mol. The molecule has 0 heterocycles. The Morgan fingerprint density at radius 1 is 1.30 bits per heavy atom. The van der Waals surface area contributed by atoms with Gasteiger partial charge in [-0.2, -0.15) is 0 Å². The first-order valence-electron chi connectivity index (χ1n) is 6.13. The average Bonchev–Trinajstić information content (AvgIpc) is 2.39. The molecule has 0 bridgehead atoms. The Balaban J connectivity index is 3.01. The summed E-state index contributed by atoms with van der Waals surface area (Å²) in [5.41, 5.74) is 9.82. The zero-order valence-corrected chi connectivity index (χ0v) is 11.2. The number of benzene rings is 1. The first-order valence-corrected chi connectivity index (χ1v) is 6.13. The smallest absolute Gasteiger partial charge is 0.251 e. The molecule has 0 spiro atoms. The van der Waals surface area contributed by atoms with E-state index in [1.165, 1.54) is 0 Å². The lowest BCUT2D eigenvalue weighted by atomic mass is 9.99. The minimum Gasteiger partial charge on any atom is -0.366 e. The van der Waals surface area contributed by atoms with Crippen LogP contribution in [0.15, 0.2) is 12.1 Å². The molecule has 2 amide bonds. The van der Waals surface area contributed by atoms with Gasteiger partial charge in [0.1, 0.15) is 11.6 Å². The highest BCUT2D eigenvalue weighted by atomic mass is 19.1. The Kier molecular flexibility index (Phi) is 5.15. The lowest BCUT2D eigenvalue weighted by Crippen LogP contribution is -2.40. The van der Waals surface area contributed by atoms with E-state index in [-0.39, 0.29) is 11.6 Å². The first-order chi connectivity index (χ1) is 9.27. The van der Waals surface area contributed by atoms with Crippen molar-refractivity contribution in [3.05, 3.63) is 29.3 Å². The van der Waals surface area contributed by atoms with Crippen LogP contribution < -0.4 is 16.8 Å². The fraction of sp³-hybridized carbons (Fsp3) is 0.385. The Bertz CT molecular complexity index is 535. The van der Waals surface area contributed by atoms with Crippen molar-refractivity contribution < 1.29 is 18.4 Å². The second kappa shape index (κ2) is 6.42. The third-order valence-corrected chi connectivity index (χ3v) is 3.14. The summed E-state index contributed by atoms with van der Waals surface area (Å²) in [5, 5.41) is 2.23. The van der Waals surface area contributed by atoms with Crippen molar-refractivity contribution in [2.45, 2.75) is 26.3 Å². The zero-order chi connectivity index (χ0) is 15.4. The van der Waals surface area contributed by atoms with E-state index in [1.807, 2.05) is 6.92 Å². The van der Waals surface area contributed by atoms with Gasteiger partial charge in [0, 0.05) is 6.07 Å². The number of hydrogen-bond acceptors (Lipinski definition) is 3. The topological polar surface area (TPSA) is 98.2 Å². The molecule has 110 valence electrons. The average molecular weight is 285 g/mol. The summed E-state index contributed by atoms with van der Waals surface area (Å²) in [5.74, 6) is -3.85. The number of amides is 2. The van der Waals surface area contributed by atoms with Crippen molar-refractivity contribution in [3.63, 3.8) is 0 Å². The van der Waals surface area contributed by atoms with Crippen molar-refractivity contribution in [3.8, 4) is 0 Å². The molecule has 0 saturated heterocycles. The first kappa shape index (κ1) is 16.0. The Morgan fingerprint density at radius 2 is 1.90 bits per heavy atom. The van der Waals surface area contributed by atoms with Crippen LogP contribution in [-0.4, -0.2) is 17.9 Å². The van der Waals surface area contributed by atoms with Crippen molar-refractivity contribution in [1.82, 2.24) is 0 Å². The van der Waals surface area contributed by atoms with Crippen molar-refractivity contribution in [2.75, 3.05) is 5.32 Å². The molecule has 0 aromatic heterocycles. The lowest BCUT2D eigenvalue weighted by Gasteiger charge is -2.18. The van der Waals surface area contributed by atoms with Gasteiger partial charge in [-0.25, -0.2) is 8.78 Å². The highest BCUT2D eigenvalue weighted by Gasteiger charge is 2.22. The zero-order valence-electron chi connectivity index (χ0n) is 11.2. The second-order valence-corrected chi connectivity index (χ2v) is 4.58. The van der Waals surface area contributed by atoms with Crippen LogP contribution in [0.4, 0.5) is 14.5 Å². The molecule has 5 nitrogen and oxygen atoms in total. The molecule has 0 aliphatic heterocycles. The summed E-state index contributed by atoms with van der Waals surface area (Å²) in [4.78, 5) is 22.8. The van der Waals surface area contributed by atoms with Gasteiger partial charge in [-0.05, 0) is 12.0 Å². The molecule has 1 aromatic carbocycles. The molecule has 2 atom stereocenters. The van der Waals surface area contributed by atoms with Gasteiger partial charge in [-0.15, -0.1) is 0 Å². The largest absolute Gasteiger partial charge is 0.366 e. The third kappa shape index (κ3) is 3.51. The van der Waals surface area contributed by atoms with Crippen molar-refractivity contribution in [1.29, 1.82) is 0 Å². The number of anilines is 1. The molecular weight excluding hydrogens is 268 g/mol. The molecule has 0 saturated carbocycles. The quantitative estimate of drug-likeness (QED) is 0.762. The van der Waals surface area contributed by atoms with E-state index in [4.69, 9.17) is 11.5 Å². The van der Waals surface area contributed by atoms with Gasteiger partial charge in [0.15, 0.2) is 0 Å². The number of carbonyl (C=O) groups is 2. The van der Waals surface area contributed by atoms with Gasteiger partial charge in [0.05, 0.1) is 17.3 Å². The molecule has 1 rings (SSSR count).